The van der Waals surface area contributed by atoms with Crippen LogP contribution in [0.1, 0.15) is 39.2 Å². The van der Waals surface area contributed by atoms with Gasteiger partial charge in [0.2, 0.25) is 0 Å². The van der Waals surface area contributed by atoms with Crippen LogP contribution in [0.15, 0.2) is 29.2 Å². The Morgan fingerprint density at radius 2 is 1.90 bits per heavy atom. The van der Waals surface area contributed by atoms with Gasteiger partial charge in [0.25, 0.3) is 0 Å². The molecular weight excluding hydrogens is 396 g/mol. The number of nitrogens with zero attached hydrogens (tertiary/aromatic N) is 3. The molecule has 166 valence electrons. The molecule has 0 aliphatic carbocycles. The van der Waals surface area contributed by atoms with Crippen LogP contribution < -0.4 is 9.62 Å². The first-order valence-electron chi connectivity index (χ1n) is 10.9. The van der Waals surface area contributed by atoms with Crippen LogP contribution in [0.2, 0.25) is 0 Å². The summed E-state index contributed by atoms with van der Waals surface area (Å²) in [4.78, 5) is 5.35. The summed E-state index contributed by atoms with van der Waals surface area (Å²) in [5, 5.41) is 19.3. The lowest BCUT2D eigenvalue weighted by Gasteiger charge is -2.34. The van der Waals surface area contributed by atoms with Gasteiger partial charge < -0.3 is 19.6 Å². The zero-order valence-electron chi connectivity index (χ0n) is 18.7. The van der Waals surface area contributed by atoms with E-state index in [9.17, 15) is 10.4 Å². The van der Waals surface area contributed by atoms with E-state index >= 15 is 0 Å². The molecule has 0 bridgehead atoms. The second-order valence-corrected chi connectivity index (χ2v) is 8.58. The quantitative estimate of drug-likeness (QED) is 0.527. The smallest absolute Gasteiger partial charge is 0.107 e. The van der Waals surface area contributed by atoms with Gasteiger partial charge in [0.1, 0.15) is 11.0 Å². The Morgan fingerprint density at radius 1 is 1.23 bits per heavy atom. The molecule has 3 atom stereocenters. The average Bonchev–Trinajstić information content (AvgIpc) is 2.75. The van der Waals surface area contributed by atoms with Crippen LogP contribution in [0, 0.1) is 11.3 Å². The monoisotopic (exact) mass is 432 g/mol. The third kappa shape index (κ3) is 7.93. The van der Waals surface area contributed by atoms with Crippen molar-refractivity contribution in [2.45, 2.75) is 51.9 Å². The highest BCUT2D eigenvalue weighted by molar-refractivity contribution is 8.01. The first kappa shape index (κ1) is 24.7. The Labute approximate surface area is 186 Å². The van der Waals surface area contributed by atoms with E-state index in [0.29, 0.717) is 24.3 Å². The number of nitrogens with one attached hydrogen (secondary N) is 1. The summed E-state index contributed by atoms with van der Waals surface area (Å²) < 4.78 is 9.03. The number of rotatable bonds is 6. The van der Waals surface area contributed by atoms with Gasteiger partial charge in [-0.3, -0.25) is 4.72 Å². The molecule has 0 amide bonds. The molecular formula is C23H36N4O2S. The molecule has 1 aromatic carbocycles. The number of likely N-dealkylation sites (N-methyl/N-ethyl adjacent to an activating group) is 1. The molecule has 0 saturated carbocycles. The highest BCUT2D eigenvalue weighted by Gasteiger charge is 2.25. The molecule has 6 nitrogen and oxygen atoms in total. The van der Waals surface area contributed by atoms with E-state index in [1.165, 1.54) is 17.6 Å². The number of allylic oxidation sites excluding steroid dienone is 1. The number of nitriles is 1. The first-order valence-corrected chi connectivity index (χ1v) is 11.7. The SMILES string of the molecule is CC.CC1CC(O)CC(CNS/C(C#N)=C/c2ccc(N3CCN(C)CC3)cc2)O1. The summed E-state index contributed by atoms with van der Waals surface area (Å²) in [5.74, 6) is 0. The van der Waals surface area contributed by atoms with Crippen molar-refractivity contribution in [2.24, 2.45) is 0 Å². The van der Waals surface area contributed by atoms with Crippen molar-refractivity contribution >= 4 is 23.7 Å². The molecule has 0 aromatic heterocycles. The van der Waals surface area contributed by atoms with Crippen molar-refractivity contribution in [1.82, 2.24) is 9.62 Å². The van der Waals surface area contributed by atoms with E-state index in [1.807, 2.05) is 26.8 Å². The minimum atomic E-state index is -0.301. The number of aliphatic hydroxyl groups is 1. The lowest BCUT2D eigenvalue weighted by atomic mass is 10.0. The molecule has 0 radical (unpaired) electrons. The third-order valence-corrected chi connectivity index (χ3v) is 5.97. The molecule has 2 heterocycles. The van der Waals surface area contributed by atoms with Gasteiger partial charge in [-0.15, -0.1) is 0 Å². The van der Waals surface area contributed by atoms with Crippen molar-refractivity contribution in [3.05, 3.63) is 34.7 Å². The Bertz CT molecular complexity index is 686. The number of hydrogen-bond acceptors (Lipinski definition) is 7. The van der Waals surface area contributed by atoms with Crippen molar-refractivity contribution in [1.29, 1.82) is 5.26 Å². The molecule has 1 aromatic rings. The normalized spacial score (nSPS) is 25.3. The Hall–Kier alpha value is -1.56. The van der Waals surface area contributed by atoms with Gasteiger partial charge >= 0.3 is 0 Å². The Morgan fingerprint density at radius 3 is 2.50 bits per heavy atom. The predicted molar refractivity (Wildman–Crippen MR) is 126 cm³/mol. The van der Waals surface area contributed by atoms with Crippen LogP contribution in [-0.4, -0.2) is 68.1 Å². The molecule has 0 spiro atoms. The van der Waals surface area contributed by atoms with Crippen LogP contribution in [0.5, 0.6) is 0 Å². The molecule has 2 saturated heterocycles. The minimum Gasteiger partial charge on any atom is -0.393 e. The van der Waals surface area contributed by atoms with Crippen molar-refractivity contribution in [3.63, 3.8) is 0 Å². The van der Waals surface area contributed by atoms with E-state index in [1.54, 1.807) is 0 Å². The zero-order valence-corrected chi connectivity index (χ0v) is 19.5. The molecule has 2 aliphatic rings. The van der Waals surface area contributed by atoms with Gasteiger partial charge in [0, 0.05) is 44.8 Å². The maximum atomic E-state index is 9.84. The number of piperazine rings is 1. The molecule has 2 fully saturated rings. The summed E-state index contributed by atoms with van der Waals surface area (Å²) >= 11 is 1.32. The summed E-state index contributed by atoms with van der Waals surface area (Å²) in [7, 11) is 2.16. The van der Waals surface area contributed by atoms with Crippen molar-refractivity contribution < 1.29 is 9.84 Å². The number of hydrogen-bond donors (Lipinski definition) is 2. The van der Waals surface area contributed by atoms with Gasteiger partial charge in [-0.2, -0.15) is 5.26 Å². The molecule has 3 rings (SSSR count). The fourth-order valence-electron chi connectivity index (χ4n) is 3.65. The average molecular weight is 433 g/mol. The van der Waals surface area contributed by atoms with Crippen LogP contribution >= 0.6 is 11.9 Å². The van der Waals surface area contributed by atoms with E-state index in [4.69, 9.17) is 4.74 Å². The fourth-order valence-corrected chi connectivity index (χ4v) is 4.31. The summed E-state index contributed by atoms with van der Waals surface area (Å²) in [6, 6.07) is 10.6. The van der Waals surface area contributed by atoms with Crippen molar-refractivity contribution in [2.75, 3.05) is 44.7 Å². The number of benzene rings is 1. The van der Waals surface area contributed by atoms with Crippen LogP contribution in [0.4, 0.5) is 5.69 Å². The first-order chi connectivity index (χ1) is 14.5. The second-order valence-electron chi connectivity index (χ2n) is 7.65. The largest absolute Gasteiger partial charge is 0.393 e. The van der Waals surface area contributed by atoms with Gasteiger partial charge in [-0.25, -0.2) is 0 Å². The molecule has 30 heavy (non-hydrogen) atoms. The van der Waals surface area contributed by atoms with Crippen LogP contribution in [0.3, 0.4) is 0 Å². The van der Waals surface area contributed by atoms with E-state index in [-0.39, 0.29) is 18.3 Å². The van der Waals surface area contributed by atoms with Crippen molar-refractivity contribution in [3.8, 4) is 6.07 Å². The van der Waals surface area contributed by atoms with Crippen LogP contribution in [0.25, 0.3) is 6.08 Å². The summed E-state index contributed by atoms with van der Waals surface area (Å²) in [6.07, 6.45) is 2.98. The maximum Gasteiger partial charge on any atom is 0.107 e. The minimum absolute atomic E-state index is 0.0194. The lowest BCUT2D eigenvalue weighted by Crippen LogP contribution is -2.44. The van der Waals surface area contributed by atoms with E-state index < -0.39 is 0 Å². The molecule has 2 aliphatic heterocycles. The predicted octanol–water partition coefficient (Wildman–Crippen LogP) is 3.50. The molecule has 3 unspecified atom stereocenters. The highest BCUT2D eigenvalue weighted by Crippen LogP contribution is 2.22. The van der Waals surface area contributed by atoms with Gasteiger partial charge in [0.05, 0.1) is 18.3 Å². The van der Waals surface area contributed by atoms with E-state index in [0.717, 1.165) is 31.7 Å². The Balaban J connectivity index is 0.00000155. The molecule has 7 heteroatoms. The van der Waals surface area contributed by atoms with E-state index in [2.05, 4.69) is 51.9 Å². The van der Waals surface area contributed by atoms with Crippen LogP contribution in [-0.2, 0) is 4.74 Å². The standard InChI is InChI=1S/C21H30N4O2S.C2H6/c1-16-11-19(26)13-20(27-16)15-23-28-21(14-22)12-17-3-5-18(6-4-17)25-9-7-24(2)8-10-25;1-2/h3-6,12,16,19-20,23,26H,7-11,13,15H2,1-2H3;1-2H3/b21-12+;. The van der Waals surface area contributed by atoms with Gasteiger partial charge in [-0.05, 0) is 56.1 Å². The lowest BCUT2D eigenvalue weighted by molar-refractivity contribution is -0.0839. The molecule has 2 N–H and O–H groups in total. The topological polar surface area (TPSA) is 71.8 Å². The zero-order chi connectivity index (χ0) is 21.9. The summed E-state index contributed by atoms with van der Waals surface area (Å²) in [6.45, 7) is 10.9. The fraction of sp³-hybridized carbons (Fsp3) is 0.609. The third-order valence-electron chi connectivity index (χ3n) is 5.23. The maximum absolute atomic E-state index is 9.84. The number of ether oxygens (including phenoxy) is 1. The second kappa shape index (κ2) is 13.0. The van der Waals surface area contributed by atoms with Gasteiger partial charge in [0.15, 0.2) is 0 Å². The Kier molecular flexibility index (Phi) is 10.7. The summed E-state index contributed by atoms with van der Waals surface area (Å²) in [5.41, 5.74) is 2.25. The number of anilines is 1. The number of aliphatic hydroxyl groups excluding tert-OH is 1. The van der Waals surface area contributed by atoms with Gasteiger partial charge in [-0.1, -0.05) is 26.0 Å². The highest BCUT2D eigenvalue weighted by atomic mass is 32.2.